The molecule has 0 radical (unpaired) electrons. The summed E-state index contributed by atoms with van der Waals surface area (Å²) >= 11 is 3.49. The van der Waals surface area contributed by atoms with Crippen LogP contribution >= 0.6 is 15.9 Å². The lowest BCUT2D eigenvalue weighted by molar-refractivity contribution is -1.02. The molecule has 21 heavy (non-hydrogen) atoms. The van der Waals surface area contributed by atoms with Crippen LogP contribution in [0.25, 0.3) is 0 Å². The highest BCUT2D eigenvalue weighted by molar-refractivity contribution is 9.10. The fourth-order valence-corrected chi connectivity index (χ4v) is 3.26. The number of quaternary nitrogens is 2. The van der Waals surface area contributed by atoms with Crippen molar-refractivity contribution in [1.82, 2.24) is 4.98 Å². The Bertz CT molecular complexity index is 548. The minimum Gasteiger partial charge on any atom is -0.322 e. The Morgan fingerprint density at radius 1 is 0.857 bits per heavy atom. The molecule has 4 heteroatoms. The van der Waals surface area contributed by atoms with Gasteiger partial charge < -0.3 is 9.80 Å². The maximum absolute atomic E-state index is 4.21. The van der Waals surface area contributed by atoms with Crippen molar-refractivity contribution in [2.24, 2.45) is 0 Å². The number of nitrogens with zero attached hydrogens (tertiary/aromatic N) is 1. The summed E-state index contributed by atoms with van der Waals surface area (Å²) in [6.07, 6.45) is 3.84. The maximum Gasteiger partial charge on any atom is 0.127 e. The summed E-state index contributed by atoms with van der Waals surface area (Å²) in [6, 6.07) is 12.9. The van der Waals surface area contributed by atoms with Gasteiger partial charge in [0.1, 0.15) is 39.3 Å². The van der Waals surface area contributed by atoms with Crippen LogP contribution in [-0.4, -0.2) is 31.2 Å². The highest BCUT2D eigenvalue weighted by Gasteiger charge is 2.22. The quantitative estimate of drug-likeness (QED) is 0.817. The Kier molecular flexibility index (Phi) is 5.01. The first-order valence-electron chi connectivity index (χ1n) is 7.60. The van der Waals surface area contributed by atoms with Crippen molar-refractivity contribution in [3.05, 3.63) is 64.4 Å². The molecule has 1 aliphatic heterocycles. The van der Waals surface area contributed by atoms with Crippen molar-refractivity contribution >= 4 is 15.9 Å². The van der Waals surface area contributed by atoms with Crippen LogP contribution in [0.4, 0.5) is 0 Å². The Labute approximate surface area is 134 Å². The molecule has 0 amide bonds. The first kappa shape index (κ1) is 14.7. The number of aromatic nitrogens is 1. The zero-order chi connectivity index (χ0) is 14.5. The van der Waals surface area contributed by atoms with Gasteiger partial charge in [0.2, 0.25) is 0 Å². The molecule has 1 fully saturated rings. The Morgan fingerprint density at radius 2 is 1.48 bits per heavy atom. The van der Waals surface area contributed by atoms with E-state index in [9.17, 15) is 0 Å². The fourth-order valence-electron chi connectivity index (χ4n) is 2.99. The van der Waals surface area contributed by atoms with Gasteiger partial charge in [-0.15, -0.1) is 0 Å². The largest absolute Gasteiger partial charge is 0.322 e. The van der Waals surface area contributed by atoms with E-state index in [4.69, 9.17) is 0 Å². The van der Waals surface area contributed by atoms with Crippen LogP contribution in [0.3, 0.4) is 0 Å². The predicted molar refractivity (Wildman–Crippen MR) is 87.2 cm³/mol. The topological polar surface area (TPSA) is 21.8 Å². The first-order valence-corrected chi connectivity index (χ1v) is 8.39. The lowest BCUT2D eigenvalue weighted by atomic mass is 10.2. The third kappa shape index (κ3) is 4.37. The molecule has 0 aliphatic carbocycles. The average molecular weight is 348 g/mol. The highest BCUT2D eigenvalue weighted by Crippen LogP contribution is 2.09. The number of halogens is 1. The van der Waals surface area contributed by atoms with Gasteiger partial charge in [-0.3, -0.25) is 4.98 Å². The lowest BCUT2D eigenvalue weighted by Gasteiger charge is -2.29. The molecule has 1 aromatic carbocycles. The van der Waals surface area contributed by atoms with E-state index in [2.05, 4.69) is 51.2 Å². The predicted octanol–water partition coefficient (Wildman–Crippen LogP) is 0.328. The number of pyridine rings is 1. The molecule has 3 nitrogen and oxygen atoms in total. The van der Waals surface area contributed by atoms with Crippen molar-refractivity contribution in [1.29, 1.82) is 0 Å². The van der Waals surface area contributed by atoms with Crippen LogP contribution in [-0.2, 0) is 13.1 Å². The van der Waals surface area contributed by atoms with Crippen molar-refractivity contribution in [3.63, 3.8) is 0 Å². The second kappa shape index (κ2) is 7.16. The van der Waals surface area contributed by atoms with Gasteiger partial charge in [-0.05, 0) is 18.2 Å². The smallest absolute Gasteiger partial charge is 0.127 e. The normalized spacial score (nSPS) is 22.1. The van der Waals surface area contributed by atoms with E-state index >= 15 is 0 Å². The van der Waals surface area contributed by atoms with E-state index in [1.807, 2.05) is 18.5 Å². The lowest BCUT2D eigenvalue weighted by Crippen LogP contribution is -3.27. The second-order valence-corrected chi connectivity index (χ2v) is 6.76. The van der Waals surface area contributed by atoms with Gasteiger partial charge in [0.15, 0.2) is 0 Å². The molecular formula is C17H22BrN3+2. The van der Waals surface area contributed by atoms with Crippen LogP contribution in [0.2, 0.25) is 0 Å². The molecule has 0 atom stereocenters. The van der Waals surface area contributed by atoms with E-state index in [1.165, 1.54) is 37.3 Å². The van der Waals surface area contributed by atoms with Crippen molar-refractivity contribution in [3.8, 4) is 0 Å². The Hall–Kier alpha value is -1.23. The summed E-state index contributed by atoms with van der Waals surface area (Å²) in [5.74, 6) is 0. The molecule has 0 saturated carbocycles. The van der Waals surface area contributed by atoms with Crippen LogP contribution in [0.15, 0.2) is 53.3 Å². The van der Waals surface area contributed by atoms with Gasteiger partial charge in [0.25, 0.3) is 0 Å². The third-order valence-electron chi connectivity index (χ3n) is 4.21. The number of rotatable bonds is 4. The molecule has 1 aliphatic rings. The van der Waals surface area contributed by atoms with E-state index in [-0.39, 0.29) is 0 Å². The fraction of sp³-hybridized carbons (Fsp3) is 0.353. The summed E-state index contributed by atoms with van der Waals surface area (Å²) in [6.45, 7) is 7.27. The molecule has 110 valence electrons. The van der Waals surface area contributed by atoms with Crippen molar-refractivity contribution in [2.75, 3.05) is 26.2 Å². The number of hydrogen-bond acceptors (Lipinski definition) is 1. The van der Waals surface area contributed by atoms with Gasteiger partial charge >= 0.3 is 0 Å². The minimum absolute atomic E-state index is 1.11. The van der Waals surface area contributed by atoms with E-state index < -0.39 is 0 Å². The van der Waals surface area contributed by atoms with Gasteiger partial charge in [-0.2, -0.15) is 0 Å². The molecule has 3 rings (SSSR count). The van der Waals surface area contributed by atoms with Crippen LogP contribution in [0, 0.1) is 0 Å². The van der Waals surface area contributed by atoms with E-state index in [0.29, 0.717) is 0 Å². The summed E-state index contributed by atoms with van der Waals surface area (Å²) in [5, 5.41) is 0. The summed E-state index contributed by atoms with van der Waals surface area (Å²) < 4.78 is 1.16. The summed E-state index contributed by atoms with van der Waals surface area (Å²) in [7, 11) is 0. The molecular weight excluding hydrogens is 326 g/mol. The number of hydrogen-bond donors (Lipinski definition) is 2. The number of piperazine rings is 1. The van der Waals surface area contributed by atoms with Crippen LogP contribution in [0.1, 0.15) is 11.1 Å². The van der Waals surface area contributed by atoms with Gasteiger partial charge in [-0.1, -0.05) is 34.1 Å². The summed E-state index contributed by atoms with van der Waals surface area (Å²) in [5.41, 5.74) is 2.78. The molecule has 2 aromatic rings. The molecule has 1 saturated heterocycles. The van der Waals surface area contributed by atoms with Gasteiger partial charge in [-0.25, -0.2) is 0 Å². The highest BCUT2D eigenvalue weighted by atomic mass is 79.9. The zero-order valence-electron chi connectivity index (χ0n) is 12.2. The molecule has 0 bridgehead atoms. The summed E-state index contributed by atoms with van der Waals surface area (Å²) in [4.78, 5) is 7.59. The molecule has 2 N–H and O–H groups in total. The molecule has 2 heterocycles. The zero-order valence-corrected chi connectivity index (χ0v) is 13.8. The maximum atomic E-state index is 4.21. The van der Waals surface area contributed by atoms with Gasteiger partial charge in [0, 0.05) is 28.0 Å². The SMILES string of the molecule is Brc1ccc(C[NH+]2CC[NH+](Cc3cccnc3)CC2)cc1. The van der Waals surface area contributed by atoms with Crippen LogP contribution in [0.5, 0.6) is 0 Å². The average Bonchev–Trinajstić information content (AvgIpc) is 2.53. The van der Waals surface area contributed by atoms with E-state index in [0.717, 1.165) is 17.6 Å². The monoisotopic (exact) mass is 347 g/mol. The molecule has 0 spiro atoms. The minimum atomic E-state index is 1.11. The van der Waals surface area contributed by atoms with Crippen molar-refractivity contribution < 1.29 is 9.80 Å². The number of benzene rings is 1. The second-order valence-electron chi connectivity index (χ2n) is 5.84. The van der Waals surface area contributed by atoms with Gasteiger partial charge in [0.05, 0.1) is 0 Å². The van der Waals surface area contributed by atoms with Crippen LogP contribution < -0.4 is 9.80 Å². The Morgan fingerprint density at radius 3 is 2.05 bits per heavy atom. The van der Waals surface area contributed by atoms with E-state index in [1.54, 1.807) is 9.80 Å². The molecule has 1 aromatic heterocycles. The molecule has 0 unspecified atom stereocenters. The Balaban J connectivity index is 1.47. The third-order valence-corrected chi connectivity index (χ3v) is 4.74. The number of nitrogens with one attached hydrogen (secondary N) is 2. The van der Waals surface area contributed by atoms with Crippen molar-refractivity contribution in [2.45, 2.75) is 13.1 Å². The standard InChI is InChI=1S/C17H20BrN3/c18-17-5-3-15(4-6-17)13-20-8-10-21(11-9-20)14-16-2-1-7-19-12-16/h1-7,12H,8-11,13-14H2/p+2. The first-order chi connectivity index (χ1) is 10.3.